The van der Waals surface area contributed by atoms with E-state index in [1.54, 1.807) is 6.07 Å². The summed E-state index contributed by atoms with van der Waals surface area (Å²) in [5.74, 6) is -0.456. The lowest BCUT2D eigenvalue weighted by Gasteiger charge is -2.00. The molecule has 0 aromatic carbocycles. The van der Waals surface area contributed by atoms with E-state index in [1.165, 1.54) is 12.3 Å². The van der Waals surface area contributed by atoms with Gasteiger partial charge in [0.05, 0.1) is 6.26 Å². The van der Waals surface area contributed by atoms with Gasteiger partial charge in [0.2, 0.25) is 0 Å². The molecule has 1 aromatic rings. The smallest absolute Gasteiger partial charge is 0.330 e. The van der Waals surface area contributed by atoms with Crippen molar-refractivity contribution in [2.45, 2.75) is 0 Å². The van der Waals surface area contributed by atoms with Crippen molar-refractivity contribution in [3.63, 3.8) is 0 Å². The van der Waals surface area contributed by atoms with Crippen molar-refractivity contribution in [3.8, 4) is 0 Å². The van der Waals surface area contributed by atoms with Gasteiger partial charge in [-0.1, -0.05) is 0 Å². The summed E-state index contributed by atoms with van der Waals surface area (Å²) in [5.41, 5.74) is 8.64. The van der Waals surface area contributed by atoms with Crippen molar-refractivity contribution < 1.29 is 14.0 Å². The number of hydrogen-bond donors (Lipinski definition) is 3. The lowest BCUT2D eigenvalue weighted by molar-refractivity contribution is 0.0909. The van der Waals surface area contributed by atoms with Gasteiger partial charge in [0.15, 0.2) is 5.76 Å². The molecule has 3 amide bonds. The number of urea groups is 1. The summed E-state index contributed by atoms with van der Waals surface area (Å²) in [6.45, 7) is 0. The van der Waals surface area contributed by atoms with Crippen LogP contribution < -0.4 is 16.6 Å². The summed E-state index contributed by atoms with van der Waals surface area (Å²) in [6.07, 6.45) is 1.35. The van der Waals surface area contributed by atoms with E-state index in [0.29, 0.717) is 0 Å². The largest absolute Gasteiger partial charge is 0.459 e. The molecule has 0 aliphatic heterocycles. The molecule has 0 saturated heterocycles. The monoisotopic (exact) mass is 169 g/mol. The summed E-state index contributed by atoms with van der Waals surface area (Å²) in [7, 11) is 0. The van der Waals surface area contributed by atoms with E-state index < -0.39 is 11.9 Å². The molecule has 6 nitrogen and oxygen atoms in total. The Morgan fingerprint density at radius 2 is 2.17 bits per heavy atom. The normalized spacial score (nSPS) is 9.00. The number of furan rings is 1. The molecule has 1 rings (SSSR count). The number of rotatable bonds is 1. The number of nitrogens with two attached hydrogens (primary N) is 1. The third kappa shape index (κ3) is 2.01. The molecule has 4 N–H and O–H groups in total. The Balaban J connectivity index is 2.45. The number of amides is 3. The minimum atomic E-state index is -0.838. The third-order valence-electron chi connectivity index (χ3n) is 1.04. The maximum Gasteiger partial charge on any atom is 0.330 e. The number of primary amides is 1. The van der Waals surface area contributed by atoms with E-state index >= 15 is 0 Å². The van der Waals surface area contributed by atoms with Gasteiger partial charge in [-0.3, -0.25) is 10.2 Å². The first kappa shape index (κ1) is 8.12. The van der Waals surface area contributed by atoms with E-state index in [0.717, 1.165) is 0 Å². The first-order valence-corrected chi connectivity index (χ1v) is 3.09. The van der Waals surface area contributed by atoms with Gasteiger partial charge in [0, 0.05) is 0 Å². The summed E-state index contributed by atoms with van der Waals surface area (Å²) in [4.78, 5) is 21.1. The Hall–Kier alpha value is -1.98. The second-order valence-corrected chi connectivity index (χ2v) is 1.92. The lowest BCUT2D eigenvalue weighted by atomic mass is 10.4. The highest BCUT2D eigenvalue weighted by Crippen LogP contribution is 1.97. The van der Waals surface area contributed by atoms with Crippen LogP contribution in [0.2, 0.25) is 0 Å². The number of carbonyl (C=O) groups excluding carboxylic acids is 2. The SMILES string of the molecule is NC(=O)NNC(=O)c1ccco1. The Morgan fingerprint density at radius 3 is 2.67 bits per heavy atom. The minimum absolute atomic E-state index is 0.101. The minimum Gasteiger partial charge on any atom is -0.459 e. The van der Waals surface area contributed by atoms with Crippen LogP contribution in [-0.2, 0) is 0 Å². The van der Waals surface area contributed by atoms with E-state index in [9.17, 15) is 9.59 Å². The van der Waals surface area contributed by atoms with Gasteiger partial charge < -0.3 is 10.2 Å². The molecule has 0 saturated carbocycles. The average molecular weight is 169 g/mol. The predicted molar refractivity (Wildman–Crippen MR) is 38.9 cm³/mol. The first-order valence-electron chi connectivity index (χ1n) is 3.09. The summed E-state index contributed by atoms with van der Waals surface area (Å²) in [5, 5.41) is 0. The van der Waals surface area contributed by atoms with Crippen molar-refractivity contribution in [2.75, 3.05) is 0 Å². The van der Waals surface area contributed by atoms with Gasteiger partial charge in [0.1, 0.15) is 0 Å². The molecule has 0 fully saturated rings. The second-order valence-electron chi connectivity index (χ2n) is 1.92. The maximum atomic E-state index is 10.9. The van der Waals surface area contributed by atoms with Crippen LogP contribution >= 0.6 is 0 Å². The van der Waals surface area contributed by atoms with Crippen LogP contribution in [0, 0.1) is 0 Å². The molecule has 0 aliphatic rings. The number of hydrazine groups is 1. The quantitative estimate of drug-likeness (QED) is 0.498. The lowest BCUT2D eigenvalue weighted by Crippen LogP contribution is -2.44. The van der Waals surface area contributed by atoms with Gasteiger partial charge in [-0.25, -0.2) is 10.2 Å². The Bertz CT molecular complexity index is 280. The average Bonchev–Trinajstić information content (AvgIpc) is 2.51. The third-order valence-corrected chi connectivity index (χ3v) is 1.04. The summed E-state index contributed by atoms with van der Waals surface area (Å²) >= 11 is 0. The van der Waals surface area contributed by atoms with Crippen LogP contribution in [0.5, 0.6) is 0 Å². The molecular formula is C6H7N3O3. The molecule has 0 atom stereocenters. The zero-order valence-electron chi connectivity index (χ0n) is 6.03. The van der Waals surface area contributed by atoms with Crippen molar-refractivity contribution in [3.05, 3.63) is 24.2 Å². The highest BCUT2D eigenvalue weighted by molar-refractivity contribution is 5.92. The predicted octanol–water partition coefficient (Wildman–Crippen LogP) is -0.407. The zero-order chi connectivity index (χ0) is 8.97. The van der Waals surface area contributed by atoms with Gasteiger partial charge in [-0.05, 0) is 12.1 Å². The van der Waals surface area contributed by atoms with Crippen molar-refractivity contribution in [1.82, 2.24) is 10.9 Å². The fraction of sp³-hybridized carbons (Fsp3) is 0. The van der Waals surface area contributed by atoms with E-state index in [1.807, 2.05) is 10.9 Å². The topological polar surface area (TPSA) is 97.4 Å². The van der Waals surface area contributed by atoms with Crippen LogP contribution in [-0.4, -0.2) is 11.9 Å². The number of hydrogen-bond acceptors (Lipinski definition) is 3. The van der Waals surface area contributed by atoms with Crippen molar-refractivity contribution >= 4 is 11.9 Å². The van der Waals surface area contributed by atoms with Crippen LogP contribution in [0.25, 0.3) is 0 Å². The molecule has 0 unspecified atom stereocenters. The molecule has 64 valence electrons. The summed E-state index contributed by atoms with van der Waals surface area (Å²) in [6, 6.07) is 2.17. The van der Waals surface area contributed by atoms with Crippen LogP contribution in [0.4, 0.5) is 4.79 Å². The molecule has 1 aromatic heterocycles. The van der Waals surface area contributed by atoms with Crippen molar-refractivity contribution in [1.29, 1.82) is 0 Å². The Labute approximate surface area is 67.7 Å². The fourth-order valence-electron chi connectivity index (χ4n) is 0.588. The molecule has 0 radical (unpaired) electrons. The molecule has 1 heterocycles. The van der Waals surface area contributed by atoms with Crippen LogP contribution in [0.15, 0.2) is 22.8 Å². The maximum absolute atomic E-state index is 10.9. The number of carbonyl (C=O) groups is 2. The highest BCUT2D eigenvalue weighted by atomic mass is 16.3. The summed E-state index contributed by atoms with van der Waals surface area (Å²) < 4.78 is 4.72. The number of nitrogens with one attached hydrogen (secondary N) is 2. The Morgan fingerprint density at radius 1 is 1.42 bits per heavy atom. The Kier molecular flexibility index (Phi) is 2.32. The molecule has 6 heteroatoms. The van der Waals surface area contributed by atoms with Crippen LogP contribution in [0.3, 0.4) is 0 Å². The molecule has 0 spiro atoms. The van der Waals surface area contributed by atoms with Crippen molar-refractivity contribution in [2.24, 2.45) is 5.73 Å². The van der Waals surface area contributed by atoms with E-state index in [2.05, 4.69) is 0 Å². The van der Waals surface area contributed by atoms with E-state index in [-0.39, 0.29) is 5.76 Å². The fourth-order valence-corrected chi connectivity index (χ4v) is 0.588. The van der Waals surface area contributed by atoms with Gasteiger partial charge >= 0.3 is 11.9 Å². The molecular weight excluding hydrogens is 162 g/mol. The zero-order valence-corrected chi connectivity index (χ0v) is 6.03. The standard InChI is InChI=1S/C6H7N3O3/c7-6(11)9-8-5(10)4-2-1-3-12-4/h1-3H,(H,8,10)(H3,7,9,11). The van der Waals surface area contributed by atoms with E-state index in [4.69, 9.17) is 10.2 Å². The molecule has 0 aliphatic carbocycles. The van der Waals surface area contributed by atoms with Crippen LogP contribution in [0.1, 0.15) is 10.6 Å². The molecule has 12 heavy (non-hydrogen) atoms. The van der Waals surface area contributed by atoms with Gasteiger partial charge in [0.25, 0.3) is 0 Å². The first-order chi connectivity index (χ1) is 5.70. The van der Waals surface area contributed by atoms with Gasteiger partial charge in [-0.15, -0.1) is 0 Å². The highest BCUT2D eigenvalue weighted by Gasteiger charge is 2.07. The van der Waals surface area contributed by atoms with Gasteiger partial charge in [-0.2, -0.15) is 0 Å². The molecule has 0 bridgehead atoms. The second kappa shape index (κ2) is 3.42.